The fraction of sp³-hybridized carbons (Fsp3) is 0.727. The van der Waals surface area contributed by atoms with E-state index < -0.39 is 0 Å². The smallest absolute Gasteiger partial charge is 0.243 e. The van der Waals surface area contributed by atoms with Gasteiger partial charge in [-0.15, -0.1) is 0 Å². The van der Waals surface area contributed by atoms with Gasteiger partial charge in [-0.3, -0.25) is 4.79 Å². The molecule has 74 valence electrons. The van der Waals surface area contributed by atoms with Gasteiger partial charge in [0.15, 0.2) is 0 Å². The Hall–Kier alpha value is -0.790. The van der Waals surface area contributed by atoms with E-state index in [1.165, 1.54) is 12.5 Å². The Labute approximate surface area is 80.4 Å². The molecule has 2 heteroatoms. The predicted octanol–water partition coefficient (Wildman–Crippen LogP) is 2.11. The van der Waals surface area contributed by atoms with Crippen molar-refractivity contribution in [1.29, 1.82) is 0 Å². The second kappa shape index (κ2) is 4.45. The molecule has 0 unspecified atom stereocenters. The molecule has 0 heterocycles. The summed E-state index contributed by atoms with van der Waals surface area (Å²) in [6, 6.07) is 0.387. The van der Waals surface area contributed by atoms with E-state index in [4.69, 9.17) is 0 Å². The largest absolute Gasteiger partial charge is 0.350 e. The van der Waals surface area contributed by atoms with Gasteiger partial charge < -0.3 is 5.32 Å². The van der Waals surface area contributed by atoms with Crippen molar-refractivity contribution in [3.63, 3.8) is 0 Å². The lowest BCUT2D eigenvalue weighted by atomic mass is 9.94. The maximum Gasteiger partial charge on any atom is 0.243 e. The average molecular weight is 181 g/mol. The van der Waals surface area contributed by atoms with E-state index in [2.05, 4.69) is 25.7 Å². The lowest BCUT2D eigenvalue weighted by Crippen LogP contribution is -2.31. The van der Waals surface area contributed by atoms with Crippen molar-refractivity contribution in [2.45, 2.75) is 39.2 Å². The zero-order valence-electron chi connectivity index (χ0n) is 8.55. The number of hydrogen-bond donors (Lipinski definition) is 1. The third-order valence-electron chi connectivity index (χ3n) is 2.95. The molecule has 1 saturated carbocycles. The Morgan fingerprint density at radius 3 is 2.69 bits per heavy atom. The molecule has 0 spiro atoms. The Bertz CT molecular complexity index is 198. The van der Waals surface area contributed by atoms with Crippen molar-refractivity contribution < 1.29 is 4.79 Å². The minimum atomic E-state index is -0.0330. The third-order valence-corrected chi connectivity index (χ3v) is 2.95. The van der Waals surface area contributed by atoms with E-state index >= 15 is 0 Å². The zero-order valence-corrected chi connectivity index (χ0v) is 8.55. The van der Waals surface area contributed by atoms with Gasteiger partial charge >= 0.3 is 0 Å². The Morgan fingerprint density at radius 2 is 2.23 bits per heavy atom. The summed E-state index contributed by atoms with van der Waals surface area (Å²) in [4.78, 5) is 11.0. The summed E-state index contributed by atoms with van der Waals surface area (Å²) in [6.07, 6.45) is 4.86. The summed E-state index contributed by atoms with van der Waals surface area (Å²) < 4.78 is 0. The first-order valence-corrected chi connectivity index (χ1v) is 5.06. The summed E-state index contributed by atoms with van der Waals surface area (Å²) in [5.74, 6) is 1.50. The standard InChI is InChI=1S/C11H19NO/c1-4-11(13)12-10-6-5-9(7-10)8(2)3/h4,8-10H,1,5-7H2,2-3H3,(H,12,13)/t9-,10-/m0/s1. The average Bonchev–Trinajstić information content (AvgIpc) is 2.52. The lowest BCUT2D eigenvalue weighted by molar-refractivity contribution is -0.117. The molecule has 2 atom stereocenters. The Kier molecular flexibility index (Phi) is 3.52. The minimum Gasteiger partial charge on any atom is -0.350 e. The fourth-order valence-electron chi connectivity index (χ4n) is 2.01. The van der Waals surface area contributed by atoms with Crippen molar-refractivity contribution in [1.82, 2.24) is 5.32 Å². The van der Waals surface area contributed by atoms with Gasteiger partial charge in [0, 0.05) is 6.04 Å². The Balaban J connectivity index is 2.33. The van der Waals surface area contributed by atoms with Crippen molar-refractivity contribution in [2.75, 3.05) is 0 Å². The SMILES string of the molecule is C=CC(=O)N[C@H]1CC[C@H](C(C)C)C1. The fourth-order valence-corrected chi connectivity index (χ4v) is 2.01. The molecule has 2 nitrogen and oxygen atoms in total. The molecule has 0 aromatic carbocycles. The first-order valence-electron chi connectivity index (χ1n) is 5.06. The first-order chi connectivity index (χ1) is 6.13. The zero-order chi connectivity index (χ0) is 9.84. The van der Waals surface area contributed by atoms with Crippen LogP contribution < -0.4 is 5.32 Å². The number of carbonyl (C=O) groups excluding carboxylic acids is 1. The van der Waals surface area contributed by atoms with Crippen LogP contribution >= 0.6 is 0 Å². The van der Waals surface area contributed by atoms with Crippen LogP contribution in [0.3, 0.4) is 0 Å². The summed E-state index contributed by atoms with van der Waals surface area (Å²) in [5.41, 5.74) is 0. The van der Waals surface area contributed by atoms with Gasteiger partial charge in [-0.1, -0.05) is 20.4 Å². The quantitative estimate of drug-likeness (QED) is 0.664. The molecule has 0 radical (unpaired) electrons. The molecule has 1 N–H and O–H groups in total. The van der Waals surface area contributed by atoms with Gasteiger partial charge in [-0.25, -0.2) is 0 Å². The molecule has 1 amide bonds. The summed E-state index contributed by atoms with van der Waals surface area (Å²) in [7, 11) is 0. The highest BCUT2D eigenvalue weighted by Gasteiger charge is 2.26. The van der Waals surface area contributed by atoms with Gasteiger partial charge in [0.25, 0.3) is 0 Å². The first kappa shape index (κ1) is 10.3. The lowest BCUT2D eigenvalue weighted by Gasteiger charge is -2.14. The summed E-state index contributed by atoms with van der Waals surface area (Å²) >= 11 is 0. The van der Waals surface area contributed by atoms with Gasteiger partial charge in [-0.05, 0) is 37.2 Å². The highest BCUT2D eigenvalue weighted by atomic mass is 16.1. The van der Waals surface area contributed by atoms with E-state index in [1.54, 1.807) is 0 Å². The number of hydrogen-bond acceptors (Lipinski definition) is 1. The van der Waals surface area contributed by atoms with Crippen LogP contribution in [0.4, 0.5) is 0 Å². The number of amides is 1. The number of carbonyl (C=O) groups is 1. The van der Waals surface area contributed by atoms with Gasteiger partial charge in [0.2, 0.25) is 5.91 Å². The highest BCUT2D eigenvalue weighted by molar-refractivity contribution is 5.87. The topological polar surface area (TPSA) is 29.1 Å². The van der Waals surface area contributed by atoms with Crippen LogP contribution in [0.1, 0.15) is 33.1 Å². The molecule has 0 aromatic heterocycles. The van der Waals surface area contributed by atoms with Crippen molar-refractivity contribution in [2.24, 2.45) is 11.8 Å². The van der Waals surface area contributed by atoms with Gasteiger partial charge in [-0.2, -0.15) is 0 Å². The normalized spacial score (nSPS) is 27.6. The molecule has 1 aliphatic carbocycles. The van der Waals surface area contributed by atoms with Crippen LogP contribution in [0.2, 0.25) is 0 Å². The van der Waals surface area contributed by atoms with E-state index in [9.17, 15) is 4.79 Å². The number of rotatable bonds is 3. The molecule has 13 heavy (non-hydrogen) atoms. The molecule has 0 saturated heterocycles. The van der Waals surface area contributed by atoms with Crippen molar-refractivity contribution in [3.05, 3.63) is 12.7 Å². The molecule has 1 fully saturated rings. The van der Waals surface area contributed by atoms with E-state index in [-0.39, 0.29) is 5.91 Å². The summed E-state index contributed by atoms with van der Waals surface area (Å²) in [5, 5.41) is 2.96. The third kappa shape index (κ3) is 2.87. The highest BCUT2D eigenvalue weighted by Crippen LogP contribution is 2.31. The van der Waals surface area contributed by atoms with Crippen LogP contribution in [0.5, 0.6) is 0 Å². The second-order valence-electron chi connectivity index (χ2n) is 4.23. The second-order valence-corrected chi connectivity index (χ2v) is 4.23. The molecular weight excluding hydrogens is 162 g/mol. The van der Waals surface area contributed by atoms with Crippen LogP contribution in [0, 0.1) is 11.8 Å². The molecule has 0 aromatic rings. The predicted molar refractivity (Wildman–Crippen MR) is 54.3 cm³/mol. The van der Waals surface area contributed by atoms with E-state index in [0.717, 1.165) is 24.7 Å². The van der Waals surface area contributed by atoms with Gasteiger partial charge in [0.1, 0.15) is 0 Å². The summed E-state index contributed by atoms with van der Waals surface area (Å²) in [6.45, 7) is 7.95. The minimum absolute atomic E-state index is 0.0330. The number of nitrogens with one attached hydrogen (secondary N) is 1. The molecule has 0 aliphatic heterocycles. The monoisotopic (exact) mass is 181 g/mol. The Morgan fingerprint density at radius 1 is 1.54 bits per heavy atom. The van der Waals surface area contributed by atoms with E-state index in [1.807, 2.05) is 0 Å². The van der Waals surface area contributed by atoms with E-state index in [0.29, 0.717) is 6.04 Å². The van der Waals surface area contributed by atoms with Crippen molar-refractivity contribution >= 4 is 5.91 Å². The molecular formula is C11H19NO. The molecule has 0 bridgehead atoms. The van der Waals surface area contributed by atoms with Crippen LogP contribution in [0.15, 0.2) is 12.7 Å². The molecule has 1 aliphatic rings. The maximum atomic E-state index is 11.0. The van der Waals surface area contributed by atoms with Crippen LogP contribution in [-0.4, -0.2) is 11.9 Å². The van der Waals surface area contributed by atoms with Crippen LogP contribution in [-0.2, 0) is 4.79 Å². The van der Waals surface area contributed by atoms with Crippen molar-refractivity contribution in [3.8, 4) is 0 Å². The van der Waals surface area contributed by atoms with Gasteiger partial charge in [0.05, 0.1) is 0 Å². The maximum absolute atomic E-state index is 11.0. The molecule has 1 rings (SSSR count). The van der Waals surface area contributed by atoms with Crippen LogP contribution in [0.25, 0.3) is 0 Å².